The smallest absolute Gasteiger partial charge is 0.314 e. The van der Waals surface area contributed by atoms with E-state index in [2.05, 4.69) is 13.8 Å². The Kier molecular flexibility index (Phi) is 11.4. The summed E-state index contributed by atoms with van der Waals surface area (Å²) in [6.07, 6.45) is 9.93. The molecule has 0 saturated carbocycles. The molecule has 0 fully saturated rings. The largest absolute Gasteiger partial charge is 0.423 e. The molecule has 146 valence electrons. The Morgan fingerprint density at radius 2 is 1.42 bits per heavy atom. The predicted molar refractivity (Wildman–Crippen MR) is 104 cm³/mol. The highest BCUT2D eigenvalue weighted by Crippen LogP contribution is 2.28. The molecule has 0 bridgehead atoms. The number of ether oxygens (including phenoxy) is 2. The van der Waals surface area contributed by atoms with Crippen LogP contribution >= 0.6 is 0 Å². The van der Waals surface area contributed by atoms with Gasteiger partial charge in [-0.15, -0.1) is 0 Å². The minimum atomic E-state index is -0.286. The van der Waals surface area contributed by atoms with Crippen molar-refractivity contribution in [1.82, 2.24) is 0 Å². The van der Waals surface area contributed by atoms with Crippen LogP contribution in [0.25, 0.3) is 0 Å². The molecule has 1 unspecified atom stereocenters. The van der Waals surface area contributed by atoms with Gasteiger partial charge in [0, 0.05) is 6.42 Å². The maximum absolute atomic E-state index is 12.3. The quantitative estimate of drug-likeness (QED) is 0.243. The number of benzene rings is 1. The van der Waals surface area contributed by atoms with Crippen molar-refractivity contribution >= 4 is 11.9 Å². The summed E-state index contributed by atoms with van der Waals surface area (Å²) in [5.41, 5.74) is 0. The van der Waals surface area contributed by atoms with E-state index in [1.165, 1.54) is 19.3 Å². The fourth-order valence-corrected chi connectivity index (χ4v) is 2.69. The SMILES string of the molecule is CCCCCCCC(C)C(=O)Oc1ccccc1OC(=O)CCCCC. The Balaban J connectivity index is 2.50. The molecular weight excluding hydrogens is 328 g/mol. The summed E-state index contributed by atoms with van der Waals surface area (Å²) < 4.78 is 10.9. The van der Waals surface area contributed by atoms with Crippen LogP contribution in [0.3, 0.4) is 0 Å². The Bertz CT molecular complexity index is 539. The molecule has 0 saturated heterocycles. The molecular formula is C22H34O4. The van der Waals surface area contributed by atoms with Crippen LogP contribution in [0.2, 0.25) is 0 Å². The molecule has 1 aromatic rings. The van der Waals surface area contributed by atoms with E-state index >= 15 is 0 Å². The van der Waals surface area contributed by atoms with Crippen molar-refractivity contribution in [2.75, 3.05) is 0 Å². The highest BCUT2D eigenvalue weighted by atomic mass is 16.6. The summed E-state index contributed by atoms with van der Waals surface area (Å²) in [4.78, 5) is 24.2. The third-order valence-electron chi connectivity index (χ3n) is 4.41. The van der Waals surface area contributed by atoms with E-state index in [-0.39, 0.29) is 17.9 Å². The molecule has 1 rings (SSSR count). The lowest BCUT2D eigenvalue weighted by molar-refractivity contribution is -0.140. The van der Waals surface area contributed by atoms with Crippen molar-refractivity contribution in [2.45, 2.75) is 85.0 Å². The van der Waals surface area contributed by atoms with Gasteiger partial charge in [0.1, 0.15) is 0 Å². The van der Waals surface area contributed by atoms with Crippen LogP contribution < -0.4 is 9.47 Å². The molecule has 0 N–H and O–H groups in total. The number of para-hydroxylation sites is 2. The van der Waals surface area contributed by atoms with E-state index in [1.54, 1.807) is 24.3 Å². The van der Waals surface area contributed by atoms with Crippen LogP contribution in [-0.2, 0) is 9.59 Å². The molecule has 0 aliphatic rings. The molecule has 0 aliphatic carbocycles. The Morgan fingerprint density at radius 1 is 0.846 bits per heavy atom. The Hall–Kier alpha value is -1.84. The van der Waals surface area contributed by atoms with Gasteiger partial charge in [-0.25, -0.2) is 0 Å². The van der Waals surface area contributed by atoms with Crippen LogP contribution in [-0.4, -0.2) is 11.9 Å². The van der Waals surface area contributed by atoms with Crippen LogP contribution in [0.5, 0.6) is 11.5 Å². The minimum absolute atomic E-state index is 0.162. The third-order valence-corrected chi connectivity index (χ3v) is 4.41. The molecule has 0 aliphatic heterocycles. The first-order valence-electron chi connectivity index (χ1n) is 10.1. The second kappa shape index (κ2) is 13.4. The van der Waals surface area contributed by atoms with E-state index in [1.807, 2.05) is 6.92 Å². The topological polar surface area (TPSA) is 52.6 Å². The first-order chi connectivity index (χ1) is 12.6. The van der Waals surface area contributed by atoms with Gasteiger partial charge in [-0.2, -0.15) is 0 Å². The van der Waals surface area contributed by atoms with Gasteiger partial charge in [-0.05, 0) is 25.0 Å². The molecule has 0 aromatic heterocycles. The standard InChI is InChI=1S/C22H34O4/c1-4-6-8-9-11-14-18(3)22(24)26-20-16-13-12-15-19(20)25-21(23)17-10-7-5-2/h12-13,15-16,18H,4-11,14,17H2,1-3H3. The second-order valence-electron chi connectivity index (χ2n) is 6.90. The first kappa shape index (κ1) is 22.2. The highest BCUT2D eigenvalue weighted by molar-refractivity contribution is 5.77. The lowest BCUT2D eigenvalue weighted by Gasteiger charge is -2.13. The van der Waals surface area contributed by atoms with E-state index in [0.717, 1.165) is 38.5 Å². The van der Waals surface area contributed by atoms with Gasteiger partial charge in [-0.1, -0.05) is 77.8 Å². The maximum Gasteiger partial charge on any atom is 0.314 e. The van der Waals surface area contributed by atoms with Gasteiger partial charge in [0.05, 0.1) is 5.92 Å². The van der Waals surface area contributed by atoms with E-state index in [9.17, 15) is 9.59 Å². The van der Waals surface area contributed by atoms with Crippen molar-refractivity contribution < 1.29 is 19.1 Å². The summed E-state index contributed by atoms with van der Waals surface area (Å²) in [5.74, 6) is -0.0810. The van der Waals surface area contributed by atoms with Gasteiger partial charge < -0.3 is 9.47 Å². The second-order valence-corrected chi connectivity index (χ2v) is 6.90. The Labute approximate surface area is 158 Å². The number of esters is 2. The van der Waals surface area contributed by atoms with Crippen molar-refractivity contribution in [2.24, 2.45) is 5.92 Å². The average Bonchev–Trinajstić information content (AvgIpc) is 2.63. The summed E-state index contributed by atoms with van der Waals surface area (Å²) in [7, 11) is 0. The van der Waals surface area contributed by atoms with Gasteiger partial charge in [-0.3, -0.25) is 9.59 Å². The number of unbranched alkanes of at least 4 members (excludes halogenated alkanes) is 6. The lowest BCUT2D eigenvalue weighted by Crippen LogP contribution is -2.18. The van der Waals surface area contributed by atoms with Crippen molar-refractivity contribution in [1.29, 1.82) is 0 Å². The maximum atomic E-state index is 12.3. The fraction of sp³-hybridized carbons (Fsp3) is 0.636. The van der Waals surface area contributed by atoms with Crippen molar-refractivity contribution in [3.8, 4) is 11.5 Å². The van der Waals surface area contributed by atoms with Gasteiger partial charge in [0.15, 0.2) is 11.5 Å². The molecule has 1 aromatic carbocycles. The van der Waals surface area contributed by atoms with Crippen LogP contribution in [0.1, 0.15) is 85.0 Å². The molecule has 0 spiro atoms. The number of carbonyl (C=O) groups excluding carboxylic acids is 2. The molecule has 0 heterocycles. The van der Waals surface area contributed by atoms with Gasteiger partial charge in [0.25, 0.3) is 0 Å². The van der Waals surface area contributed by atoms with Gasteiger partial charge in [0.2, 0.25) is 0 Å². The molecule has 4 nitrogen and oxygen atoms in total. The molecule has 1 atom stereocenters. The summed E-state index contributed by atoms with van der Waals surface area (Å²) in [6, 6.07) is 6.87. The zero-order chi connectivity index (χ0) is 19.2. The number of hydrogen-bond acceptors (Lipinski definition) is 4. The summed E-state index contributed by atoms with van der Waals surface area (Å²) in [5, 5.41) is 0. The number of rotatable bonds is 13. The zero-order valence-electron chi connectivity index (χ0n) is 16.6. The fourth-order valence-electron chi connectivity index (χ4n) is 2.69. The molecule has 0 radical (unpaired) electrons. The monoisotopic (exact) mass is 362 g/mol. The number of hydrogen-bond donors (Lipinski definition) is 0. The lowest BCUT2D eigenvalue weighted by atomic mass is 10.0. The molecule has 0 amide bonds. The normalized spacial score (nSPS) is 11.8. The highest BCUT2D eigenvalue weighted by Gasteiger charge is 2.18. The summed E-state index contributed by atoms with van der Waals surface area (Å²) in [6.45, 7) is 6.17. The number of carbonyl (C=O) groups is 2. The van der Waals surface area contributed by atoms with E-state index < -0.39 is 0 Å². The van der Waals surface area contributed by atoms with Crippen molar-refractivity contribution in [3.05, 3.63) is 24.3 Å². The third kappa shape index (κ3) is 9.02. The molecule has 4 heteroatoms. The average molecular weight is 363 g/mol. The van der Waals surface area contributed by atoms with E-state index in [4.69, 9.17) is 9.47 Å². The first-order valence-corrected chi connectivity index (χ1v) is 10.1. The van der Waals surface area contributed by atoms with Gasteiger partial charge >= 0.3 is 11.9 Å². The predicted octanol–water partition coefficient (Wildman–Crippen LogP) is 6.07. The summed E-state index contributed by atoms with van der Waals surface area (Å²) >= 11 is 0. The van der Waals surface area contributed by atoms with Crippen LogP contribution in [0.4, 0.5) is 0 Å². The Morgan fingerprint density at radius 3 is 2.08 bits per heavy atom. The van der Waals surface area contributed by atoms with Crippen molar-refractivity contribution in [3.63, 3.8) is 0 Å². The zero-order valence-corrected chi connectivity index (χ0v) is 16.6. The minimum Gasteiger partial charge on any atom is -0.423 e. The van der Waals surface area contributed by atoms with Crippen LogP contribution in [0, 0.1) is 5.92 Å². The molecule has 26 heavy (non-hydrogen) atoms. The van der Waals surface area contributed by atoms with Crippen LogP contribution in [0.15, 0.2) is 24.3 Å². The van der Waals surface area contributed by atoms with E-state index in [0.29, 0.717) is 17.9 Å².